The molecule has 1 atom stereocenters. The molecule has 0 aromatic carbocycles. The first-order valence-electron chi connectivity index (χ1n) is 6.03. The van der Waals surface area contributed by atoms with Crippen molar-refractivity contribution in [2.75, 3.05) is 13.2 Å². The largest absolute Gasteiger partial charge is 0.374 e. The van der Waals surface area contributed by atoms with E-state index in [-0.39, 0.29) is 0 Å². The van der Waals surface area contributed by atoms with Gasteiger partial charge in [-0.25, -0.2) is 4.98 Å². The standard InChI is InChI=1S/C12H22N2OS/c1-4-6-13-10(3)11-8-14-12(16-11)9-15-7-5-2/h8,10,13H,4-7,9H2,1-3H3. The van der Waals surface area contributed by atoms with Crippen molar-refractivity contribution in [3.8, 4) is 0 Å². The fourth-order valence-electron chi connectivity index (χ4n) is 1.36. The van der Waals surface area contributed by atoms with Gasteiger partial charge in [-0.1, -0.05) is 13.8 Å². The van der Waals surface area contributed by atoms with Gasteiger partial charge < -0.3 is 10.1 Å². The van der Waals surface area contributed by atoms with E-state index in [4.69, 9.17) is 4.74 Å². The van der Waals surface area contributed by atoms with Gasteiger partial charge in [0.05, 0.1) is 6.61 Å². The SMILES string of the molecule is CCCNC(C)c1cnc(COCCC)s1. The molecule has 0 spiro atoms. The second-order valence-electron chi connectivity index (χ2n) is 3.88. The Morgan fingerprint density at radius 1 is 1.44 bits per heavy atom. The molecule has 0 aliphatic carbocycles. The van der Waals surface area contributed by atoms with Crippen LogP contribution in [-0.2, 0) is 11.3 Å². The Morgan fingerprint density at radius 3 is 2.94 bits per heavy atom. The van der Waals surface area contributed by atoms with Crippen molar-refractivity contribution in [3.63, 3.8) is 0 Å². The fraction of sp³-hybridized carbons (Fsp3) is 0.750. The highest BCUT2D eigenvalue weighted by Crippen LogP contribution is 2.21. The predicted molar refractivity (Wildman–Crippen MR) is 68.8 cm³/mol. The second kappa shape index (κ2) is 7.76. The first kappa shape index (κ1) is 13.6. The van der Waals surface area contributed by atoms with Gasteiger partial charge in [-0.3, -0.25) is 0 Å². The molecule has 3 nitrogen and oxygen atoms in total. The van der Waals surface area contributed by atoms with Gasteiger partial charge in [-0.15, -0.1) is 11.3 Å². The zero-order valence-corrected chi connectivity index (χ0v) is 11.3. The van der Waals surface area contributed by atoms with Crippen LogP contribution < -0.4 is 5.32 Å². The van der Waals surface area contributed by atoms with E-state index < -0.39 is 0 Å². The molecule has 0 aliphatic heterocycles. The van der Waals surface area contributed by atoms with Gasteiger partial charge in [0.1, 0.15) is 5.01 Å². The van der Waals surface area contributed by atoms with Gasteiger partial charge in [0, 0.05) is 23.7 Å². The molecular weight excluding hydrogens is 220 g/mol. The van der Waals surface area contributed by atoms with E-state index in [1.807, 2.05) is 6.20 Å². The minimum atomic E-state index is 0.400. The Labute approximate surface area is 102 Å². The van der Waals surface area contributed by atoms with Crippen LogP contribution in [0.25, 0.3) is 0 Å². The number of nitrogens with zero attached hydrogens (tertiary/aromatic N) is 1. The molecule has 0 fully saturated rings. The first-order valence-corrected chi connectivity index (χ1v) is 6.85. The van der Waals surface area contributed by atoms with Crippen LogP contribution in [0.2, 0.25) is 0 Å². The van der Waals surface area contributed by atoms with E-state index in [9.17, 15) is 0 Å². The normalized spacial score (nSPS) is 12.9. The molecule has 4 heteroatoms. The van der Waals surface area contributed by atoms with Gasteiger partial charge in [0.25, 0.3) is 0 Å². The van der Waals surface area contributed by atoms with Crippen molar-refractivity contribution >= 4 is 11.3 Å². The molecule has 0 saturated heterocycles. The first-order chi connectivity index (χ1) is 7.77. The number of rotatable bonds is 8. The monoisotopic (exact) mass is 242 g/mol. The summed E-state index contributed by atoms with van der Waals surface area (Å²) in [7, 11) is 0. The molecule has 1 unspecified atom stereocenters. The molecule has 1 heterocycles. The molecule has 16 heavy (non-hydrogen) atoms. The van der Waals surface area contributed by atoms with Gasteiger partial charge >= 0.3 is 0 Å². The number of nitrogens with one attached hydrogen (secondary N) is 1. The van der Waals surface area contributed by atoms with E-state index in [0.717, 1.165) is 31.0 Å². The molecule has 1 N–H and O–H groups in total. The molecule has 92 valence electrons. The number of hydrogen-bond acceptors (Lipinski definition) is 4. The molecule has 0 saturated carbocycles. The number of ether oxygens (including phenoxy) is 1. The van der Waals surface area contributed by atoms with E-state index in [0.29, 0.717) is 12.6 Å². The molecule has 1 aromatic heterocycles. The average Bonchev–Trinajstić information content (AvgIpc) is 2.75. The lowest BCUT2D eigenvalue weighted by molar-refractivity contribution is 0.121. The highest BCUT2D eigenvalue weighted by Gasteiger charge is 2.08. The summed E-state index contributed by atoms with van der Waals surface area (Å²) in [5.74, 6) is 0. The van der Waals surface area contributed by atoms with E-state index >= 15 is 0 Å². The quantitative estimate of drug-likeness (QED) is 0.711. The molecule has 0 aliphatic rings. The highest BCUT2D eigenvalue weighted by atomic mass is 32.1. The zero-order chi connectivity index (χ0) is 11.8. The molecule has 0 radical (unpaired) electrons. The summed E-state index contributed by atoms with van der Waals surface area (Å²) in [4.78, 5) is 5.67. The Hall–Kier alpha value is -0.450. The lowest BCUT2D eigenvalue weighted by Crippen LogP contribution is -2.18. The van der Waals surface area contributed by atoms with Crippen LogP contribution in [0.1, 0.15) is 49.5 Å². The summed E-state index contributed by atoms with van der Waals surface area (Å²) in [5.41, 5.74) is 0. The molecule has 0 bridgehead atoms. The van der Waals surface area contributed by atoms with Crippen LogP contribution in [0.5, 0.6) is 0 Å². The summed E-state index contributed by atoms with van der Waals surface area (Å²) in [6, 6.07) is 0.400. The number of thiazole rings is 1. The minimum Gasteiger partial charge on any atom is -0.374 e. The maximum absolute atomic E-state index is 5.47. The van der Waals surface area contributed by atoms with Crippen LogP contribution in [-0.4, -0.2) is 18.1 Å². The number of hydrogen-bond donors (Lipinski definition) is 1. The van der Waals surface area contributed by atoms with Crippen LogP contribution in [0.3, 0.4) is 0 Å². The van der Waals surface area contributed by atoms with Gasteiger partial charge in [-0.05, 0) is 26.3 Å². The third-order valence-electron chi connectivity index (χ3n) is 2.27. The highest BCUT2D eigenvalue weighted by molar-refractivity contribution is 7.11. The van der Waals surface area contributed by atoms with Crippen molar-refractivity contribution in [2.24, 2.45) is 0 Å². The van der Waals surface area contributed by atoms with Gasteiger partial charge in [0.15, 0.2) is 0 Å². The number of aromatic nitrogens is 1. The lowest BCUT2D eigenvalue weighted by atomic mass is 10.3. The topological polar surface area (TPSA) is 34.2 Å². The van der Waals surface area contributed by atoms with Gasteiger partial charge in [-0.2, -0.15) is 0 Å². The third kappa shape index (κ3) is 4.60. The van der Waals surface area contributed by atoms with Crippen molar-refractivity contribution < 1.29 is 4.74 Å². The zero-order valence-electron chi connectivity index (χ0n) is 10.5. The van der Waals surface area contributed by atoms with Crippen molar-refractivity contribution in [3.05, 3.63) is 16.1 Å². The molecule has 1 rings (SSSR count). The van der Waals surface area contributed by atoms with E-state index in [1.54, 1.807) is 11.3 Å². The van der Waals surface area contributed by atoms with Crippen molar-refractivity contribution in [2.45, 2.75) is 46.3 Å². The summed E-state index contributed by atoms with van der Waals surface area (Å²) in [6.07, 6.45) is 4.19. The van der Waals surface area contributed by atoms with Crippen LogP contribution >= 0.6 is 11.3 Å². The fourth-order valence-corrected chi connectivity index (χ4v) is 2.24. The van der Waals surface area contributed by atoms with Crippen LogP contribution in [0.4, 0.5) is 0 Å². The average molecular weight is 242 g/mol. The maximum atomic E-state index is 5.47. The Bertz CT molecular complexity index is 288. The smallest absolute Gasteiger partial charge is 0.119 e. The van der Waals surface area contributed by atoms with Crippen LogP contribution in [0.15, 0.2) is 6.20 Å². The van der Waals surface area contributed by atoms with Crippen molar-refractivity contribution in [1.82, 2.24) is 10.3 Å². The van der Waals surface area contributed by atoms with E-state index in [2.05, 4.69) is 31.1 Å². The predicted octanol–water partition coefficient (Wildman–Crippen LogP) is 3.13. The second-order valence-corrected chi connectivity index (χ2v) is 5.03. The Morgan fingerprint density at radius 2 is 2.25 bits per heavy atom. The van der Waals surface area contributed by atoms with Crippen molar-refractivity contribution in [1.29, 1.82) is 0 Å². The van der Waals surface area contributed by atoms with E-state index in [1.165, 1.54) is 4.88 Å². The summed E-state index contributed by atoms with van der Waals surface area (Å²) in [5, 5.41) is 4.54. The molecule has 0 amide bonds. The molecular formula is C12H22N2OS. The van der Waals surface area contributed by atoms with Gasteiger partial charge in [0.2, 0.25) is 0 Å². The van der Waals surface area contributed by atoms with Crippen LogP contribution in [0, 0.1) is 0 Å². The summed E-state index contributed by atoms with van der Waals surface area (Å²) in [6.45, 7) is 9.00. The Balaban J connectivity index is 2.37. The minimum absolute atomic E-state index is 0.400. The summed E-state index contributed by atoms with van der Waals surface area (Å²) < 4.78 is 5.47. The summed E-state index contributed by atoms with van der Waals surface area (Å²) >= 11 is 1.74. The molecule has 1 aromatic rings. The third-order valence-corrected chi connectivity index (χ3v) is 3.43. The maximum Gasteiger partial charge on any atom is 0.119 e. The lowest BCUT2D eigenvalue weighted by Gasteiger charge is -2.09. The Kier molecular flexibility index (Phi) is 6.61.